The minimum atomic E-state index is -1.78. The molecule has 2 aromatic carbocycles. The van der Waals surface area contributed by atoms with Gasteiger partial charge >= 0.3 is 5.96 Å². The summed E-state index contributed by atoms with van der Waals surface area (Å²) in [5.74, 6) is -10.0. The number of rotatable bonds is 33. The maximum absolute atomic E-state index is 14.4. The van der Waals surface area contributed by atoms with E-state index in [9.17, 15) is 68.1 Å². The summed E-state index contributed by atoms with van der Waals surface area (Å²) in [6, 6.07) is 1.36. The Labute approximate surface area is 462 Å². The second-order valence-corrected chi connectivity index (χ2v) is 19.8. The standard InChI is InChI=1S/C52H78N14O14/c1-5-27(2)41(48(77)60-35(13-9-21-58-52(56)57)45(74)64-43(29(4)69)50(79)65-42(28(3)68)49(78)59-32(26-67)23-30-11-7-6-8-12-30)63-47(76)38-14-10-22-66(38)51(80)37(25-40(55)72)62-46(75)36(24-31-15-17-33(70)18-16-31)61-44(73)34(53)19-20-39(54)71/h6-8,11-12,15-18,26-29,32,34-38,41-43,68-70H,5,9-10,13-14,19-25,53H2,1-4H3,(H2,54,71)(H2,55,72)(H,59,78)(H,60,77)(H,61,73)(H,62,75)(H,63,76)(H,64,74)(H,65,79)(H4,56,57,58)/p+1/t27-,28+,29+,32-,34-,35-,36-,37-,38-,41-,42-,43-/m0/s1. The third kappa shape index (κ3) is 21.5. The van der Waals surface area contributed by atoms with Crippen molar-refractivity contribution in [1.82, 2.24) is 42.1 Å². The highest BCUT2D eigenvalue weighted by Gasteiger charge is 2.42. The molecule has 80 heavy (non-hydrogen) atoms. The lowest BCUT2D eigenvalue weighted by Gasteiger charge is -2.32. The van der Waals surface area contributed by atoms with Crippen LogP contribution in [-0.4, -0.2) is 171 Å². The number of phenolic OH excluding ortho intramolecular Hbond substituents is 1. The topological polar surface area (TPSA) is 480 Å². The minimum Gasteiger partial charge on any atom is -0.508 e. The molecule has 10 amide bonds. The Morgan fingerprint density at radius 1 is 0.662 bits per heavy atom. The summed E-state index contributed by atoms with van der Waals surface area (Å²) in [7, 11) is 0. The van der Waals surface area contributed by atoms with E-state index in [1.807, 2.05) is 0 Å². The van der Waals surface area contributed by atoms with E-state index in [1.165, 1.54) is 38.1 Å². The molecule has 28 heteroatoms. The molecule has 1 aliphatic rings. The zero-order valence-electron chi connectivity index (χ0n) is 45.4. The Balaban J connectivity index is 1.86. The zero-order valence-corrected chi connectivity index (χ0v) is 45.4. The number of hydrogen-bond acceptors (Lipinski definition) is 15. The molecule has 0 aliphatic carbocycles. The van der Waals surface area contributed by atoms with Gasteiger partial charge in [0.05, 0.1) is 37.3 Å². The maximum Gasteiger partial charge on any atom is 0.338 e. The van der Waals surface area contributed by atoms with E-state index >= 15 is 0 Å². The molecule has 21 N–H and O–H groups in total. The van der Waals surface area contributed by atoms with Gasteiger partial charge in [-0.2, -0.15) is 0 Å². The van der Waals surface area contributed by atoms with Gasteiger partial charge in [-0.1, -0.05) is 62.7 Å². The largest absolute Gasteiger partial charge is 0.508 e. The fraction of sp³-hybridized carbons (Fsp3) is 0.538. The van der Waals surface area contributed by atoms with E-state index in [0.29, 0.717) is 23.8 Å². The monoisotopic (exact) mass is 1120 g/mol. The number of aliphatic hydroxyl groups is 2. The van der Waals surface area contributed by atoms with Crippen LogP contribution in [-0.2, 0) is 65.6 Å². The van der Waals surface area contributed by atoms with Crippen molar-refractivity contribution in [2.75, 3.05) is 13.1 Å². The molecule has 3 rings (SSSR count). The van der Waals surface area contributed by atoms with Gasteiger partial charge in [0.2, 0.25) is 59.1 Å². The summed E-state index contributed by atoms with van der Waals surface area (Å²) in [5, 5.41) is 48.6. The first kappa shape index (κ1) is 66.0. The zero-order chi connectivity index (χ0) is 59.8. The number of guanidine groups is 1. The summed E-state index contributed by atoms with van der Waals surface area (Å²) in [6.45, 7) is 5.80. The molecule has 0 aromatic heterocycles. The molecule has 0 bridgehead atoms. The third-order valence-electron chi connectivity index (χ3n) is 13.2. The van der Waals surface area contributed by atoms with Crippen LogP contribution in [0.15, 0.2) is 54.6 Å². The number of amides is 10. The number of carbonyl (C=O) groups is 11. The molecule has 1 heterocycles. The molecule has 12 atom stereocenters. The van der Waals surface area contributed by atoms with Crippen LogP contribution in [0.1, 0.15) is 90.2 Å². The molecule has 28 nitrogen and oxygen atoms in total. The van der Waals surface area contributed by atoms with Crippen molar-refractivity contribution in [3.05, 3.63) is 65.7 Å². The number of likely N-dealkylation sites (tertiary alicyclic amines) is 1. The fourth-order valence-electron chi connectivity index (χ4n) is 8.56. The van der Waals surface area contributed by atoms with Gasteiger partial charge in [0.25, 0.3) is 0 Å². The number of aliphatic hydroxyl groups excluding tert-OH is 2. The number of aromatic hydroxyl groups is 1. The lowest BCUT2D eigenvalue weighted by Crippen LogP contribution is -2.78. The van der Waals surface area contributed by atoms with Crippen molar-refractivity contribution in [3.8, 4) is 5.75 Å². The Morgan fingerprint density at radius 2 is 1.21 bits per heavy atom. The molecule has 0 spiro atoms. The van der Waals surface area contributed by atoms with Gasteiger partial charge in [-0.25, -0.2) is 0 Å². The first-order valence-corrected chi connectivity index (χ1v) is 26.3. The average Bonchev–Trinajstić information content (AvgIpc) is 3.90. The molecule has 0 radical (unpaired) electrons. The molecular formula is C52H79N14O14+. The van der Waals surface area contributed by atoms with Crippen LogP contribution in [0.5, 0.6) is 5.75 Å². The van der Waals surface area contributed by atoms with Crippen molar-refractivity contribution in [2.45, 2.75) is 158 Å². The average molecular weight is 1120 g/mol. The van der Waals surface area contributed by atoms with Gasteiger partial charge in [0.1, 0.15) is 54.3 Å². The highest BCUT2D eigenvalue weighted by Crippen LogP contribution is 2.21. The minimum absolute atomic E-state index is 0.0418. The van der Waals surface area contributed by atoms with E-state index in [0.717, 1.165) is 4.90 Å². The van der Waals surface area contributed by atoms with Crippen LogP contribution in [0.25, 0.3) is 0 Å². The molecule has 1 fully saturated rings. The van der Waals surface area contributed by atoms with E-state index < -0.39 is 138 Å². The normalized spacial score (nSPS) is 17.1. The number of aldehydes is 1. The van der Waals surface area contributed by atoms with Crippen molar-refractivity contribution in [3.63, 3.8) is 0 Å². The Bertz CT molecular complexity index is 2500. The summed E-state index contributed by atoms with van der Waals surface area (Å²) < 4.78 is 0. The molecule has 0 saturated carbocycles. The van der Waals surface area contributed by atoms with Crippen molar-refractivity contribution in [1.29, 1.82) is 0 Å². The Kier molecular flexibility index (Phi) is 26.9. The second kappa shape index (κ2) is 32.6. The molecule has 2 aromatic rings. The number of carbonyl (C=O) groups excluding carboxylic acids is 11. The van der Waals surface area contributed by atoms with Crippen molar-refractivity contribution < 1.29 is 73.1 Å². The summed E-state index contributed by atoms with van der Waals surface area (Å²) >= 11 is 0. The highest BCUT2D eigenvalue weighted by atomic mass is 16.3. The van der Waals surface area contributed by atoms with Crippen molar-refractivity contribution >= 4 is 71.3 Å². The van der Waals surface area contributed by atoms with Crippen LogP contribution in [0.4, 0.5) is 0 Å². The van der Waals surface area contributed by atoms with Gasteiger partial charge in [0, 0.05) is 19.4 Å². The summed E-state index contributed by atoms with van der Waals surface area (Å²) in [6.07, 6.45) is -3.29. The van der Waals surface area contributed by atoms with E-state index in [4.69, 9.17) is 28.7 Å². The smallest absolute Gasteiger partial charge is 0.338 e. The predicted octanol–water partition coefficient (Wildman–Crippen LogP) is -6.83. The first-order valence-electron chi connectivity index (χ1n) is 26.3. The number of hydrogen-bond donors (Lipinski definition) is 16. The van der Waals surface area contributed by atoms with Crippen LogP contribution >= 0.6 is 0 Å². The predicted molar refractivity (Wildman–Crippen MR) is 288 cm³/mol. The van der Waals surface area contributed by atoms with E-state index in [1.54, 1.807) is 44.2 Å². The van der Waals surface area contributed by atoms with Crippen molar-refractivity contribution in [2.24, 2.45) is 34.6 Å². The number of benzene rings is 2. The van der Waals surface area contributed by atoms with Gasteiger partial charge in [-0.05, 0) is 81.5 Å². The van der Waals surface area contributed by atoms with Crippen LogP contribution < -0.4 is 70.9 Å². The van der Waals surface area contributed by atoms with E-state index in [2.05, 4.69) is 42.2 Å². The molecule has 1 saturated heterocycles. The third-order valence-corrected chi connectivity index (χ3v) is 13.2. The van der Waals surface area contributed by atoms with Gasteiger partial charge in [-0.3, -0.25) is 64.4 Å². The van der Waals surface area contributed by atoms with Gasteiger partial charge in [0.15, 0.2) is 0 Å². The number of nitrogens with two attached hydrogens (primary N) is 5. The molecule has 0 unspecified atom stereocenters. The molecule has 440 valence electrons. The Hall–Kier alpha value is -8.24. The number of nitrogens with one attached hydrogen (secondary N) is 8. The van der Waals surface area contributed by atoms with Crippen LogP contribution in [0.2, 0.25) is 0 Å². The first-order chi connectivity index (χ1) is 37.8. The SMILES string of the molecule is CC[C@H](C)[C@H](NC(=O)[C@@H]1CCCN1C(=O)[C@H](CC(N)=O)NC(=O)[C@H](Cc1ccc(O)cc1)NC(=O)[C@@H](N)CCC(N)=O)C(=O)N[C@@H](CCC[NH+]=C(N)N)C(=O)N[C@H](C(=O)N[C@H](C(=O)N[C@H](C=O)Cc1ccccc1)[C@@H](C)O)[C@@H](C)O. The van der Waals surface area contributed by atoms with Gasteiger partial charge in [-0.15, -0.1) is 0 Å². The van der Waals surface area contributed by atoms with Crippen LogP contribution in [0, 0.1) is 5.92 Å². The summed E-state index contributed by atoms with van der Waals surface area (Å²) in [4.78, 5) is 151. The van der Waals surface area contributed by atoms with Crippen LogP contribution in [0.3, 0.4) is 0 Å². The van der Waals surface area contributed by atoms with Gasteiger partial charge < -0.3 is 79.4 Å². The molecular weight excluding hydrogens is 1040 g/mol. The maximum atomic E-state index is 14.4. The second-order valence-electron chi connectivity index (χ2n) is 19.8. The molecule has 1 aliphatic heterocycles. The fourth-order valence-corrected chi connectivity index (χ4v) is 8.56. The number of nitrogens with zero attached hydrogens (tertiary/aromatic N) is 1. The Morgan fingerprint density at radius 3 is 1.77 bits per heavy atom. The lowest BCUT2D eigenvalue weighted by molar-refractivity contribution is -0.459. The lowest BCUT2D eigenvalue weighted by atomic mass is 9.96. The quantitative estimate of drug-likeness (QED) is 0.0137. The highest BCUT2D eigenvalue weighted by molar-refractivity contribution is 5.99. The summed E-state index contributed by atoms with van der Waals surface area (Å²) in [5.41, 5.74) is 29.0. The number of primary amides is 2. The number of phenols is 1. The van der Waals surface area contributed by atoms with E-state index in [-0.39, 0.29) is 76.2 Å².